The maximum absolute atomic E-state index is 14.6. The molecule has 1 aromatic carbocycles. The van der Waals surface area contributed by atoms with Gasteiger partial charge in [0.05, 0.1) is 30.3 Å². The van der Waals surface area contributed by atoms with E-state index in [2.05, 4.69) is 20.3 Å². The van der Waals surface area contributed by atoms with Gasteiger partial charge in [-0.1, -0.05) is 18.6 Å². The molecule has 5 rings (SSSR count). The van der Waals surface area contributed by atoms with Crippen LogP contribution in [0, 0.1) is 19.8 Å². The standard InChI is InChI=1S/C26H30FN5O3/c1-4-21(33)32-10-18(27)19(11-32)31-26(34)22-15(3)30-25-23(28-13-29-24(22)25)17-9-14(2)5-8-20(17)35-12-16-6-7-16/h5,8-9,13,16,18-19,30H,4,6-7,10-12H2,1-3H3,(H,31,34)/t18-,19-/m0/s1. The van der Waals surface area contributed by atoms with Gasteiger partial charge < -0.3 is 19.9 Å². The SMILES string of the molecule is CCC(=O)N1C[C@H](NC(=O)c2c(C)[nH]c3c(-c4cc(C)ccc4OCC4CC4)ncnc23)[C@@H](F)C1. The quantitative estimate of drug-likeness (QED) is 0.538. The molecule has 3 aromatic rings. The van der Waals surface area contributed by atoms with Crippen LogP contribution >= 0.6 is 0 Å². The molecule has 0 bridgehead atoms. The number of aromatic nitrogens is 3. The van der Waals surface area contributed by atoms with Crippen molar-refractivity contribution in [2.45, 2.75) is 52.2 Å². The minimum absolute atomic E-state index is 0.00615. The first-order chi connectivity index (χ1) is 16.9. The van der Waals surface area contributed by atoms with Crippen molar-refractivity contribution in [2.24, 2.45) is 5.92 Å². The van der Waals surface area contributed by atoms with E-state index in [4.69, 9.17) is 4.74 Å². The lowest BCUT2D eigenvalue weighted by atomic mass is 10.1. The molecule has 0 radical (unpaired) electrons. The van der Waals surface area contributed by atoms with E-state index >= 15 is 0 Å². The first-order valence-electron chi connectivity index (χ1n) is 12.2. The van der Waals surface area contributed by atoms with E-state index in [-0.39, 0.29) is 19.0 Å². The average Bonchev–Trinajstić information content (AvgIpc) is 3.51. The van der Waals surface area contributed by atoms with Crippen LogP contribution in [0.15, 0.2) is 24.5 Å². The zero-order valence-corrected chi connectivity index (χ0v) is 20.2. The number of halogens is 1. The molecule has 3 heterocycles. The minimum Gasteiger partial charge on any atom is -0.493 e. The number of aryl methyl sites for hydroxylation is 2. The molecule has 9 heteroatoms. The Balaban J connectivity index is 1.46. The summed E-state index contributed by atoms with van der Waals surface area (Å²) in [4.78, 5) is 38.9. The molecule has 0 spiro atoms. The largest absolute Gasteiger partial charge is 0.493 e. The first kappa shape index (κ1) is 23.3. The zero-order chi connectivity index (χ0) is 24.7. The molecule has 1 saturated carbocycles. The molecule has 2 aliphatic rings. The molecule has 2 aromatic heterocycles. The van der Waals surface area contributed by atoms with Crippen LogP contribution in [0.2, 0.25) is 0 Å². The number of nitrogens with zero attached hydrogens (tertiary/aromatic N) is 3. The highest BCUT2D eigenvalue weighted by atomic mass is 19.1. The average molecular weight is 480 g/mol. The number of amides is 2. The summed E-state index contributed by atoms with van der Waals surface area (Å²) in [6, 6.07) is 5.22. The second-order valence-electron chi connectivity index (χ2n) is 9.57. The number of hydrogen-bond donors (Lipinski definition) is 2. The fraction of sp³-hybridized carbons (Fsp3) is 0.462. The lowest BCUT2D eigenvalue weighted by molar-refractivity contribution is -0.130. The van der Waals surface area contributed by atoms with E-state index in [0.717, 1.165) is 16.9 Å². The first-order valence-corrected chi connectivity index (χ1v) is 12.2. The summed E-state index contributed by atoms with van der Waals surface area (Å²) in [7, 11) is 0. The van der Waals surface area contributed by atoms with Crippen molar-refractivity contribution in [3.8, 4) is 17.0 Å². The Morgan fingerprint density at radius 1 is 1.23 bits per heavy atom. The smallest absolute Gasteiger partial charge is 0.255 e. The van der Waals surface area contributed by atoms with Crippen molar-refractivity contribution in [1.29, 1.82) is 0 Å². The summed E-state index contributed by atoms with van der Waals surface area (Å²) in [6.45, 7) is 6.36. The molecule has 2 atom stereocenters. The van der Waals surface area contributed by atoms with E-state index in [0.29, 0.717) is 46.9 Å². The monoisotopic (exact) mass is 479 g/mol. The fourth-order valence-corrected chi connectivity index (χ4v) is 4.62. The van der Waals surface area contributed by atoms with Gasteiger partial charge in [-0.2, -0.15) is 0 Å². The number of alkyl halides is 1. The predicted octanol–water partition coefficient (Wildman–Crippen LogP) is 3.72. The van der Waals surface area contributed by atoms with E-state index in [9.17, 15) is 14.0 Å². The van der Waals surface area contributed by atoms with Crippen LogP contribution in [-0.2, 0) is 4.79 Å². The normalized spacial score (nSPS) is 19.8. The van der Waals surface area contributed by atoms with E-state index in [1.807, 2.05) is 25.1 Å². The Morgan fingerprint density at radius 3 is 2.77 bits per heavy atom. The number of fused-ring (bicyclic) bond motifs is 1. The molecule has 0 unspecified atom stereocenters. The van der Waals surface area contributed by atoms with Crippen LogP contribution in [0.1, 0.15) is 47.8 Å². The Morgan fingerprint density at radius 2 is 2.03 bits per heavy atom. The summed E-state index contributed by atoms with van der Waals surface area (Å²) < 4.78 is 20.7. The molecule has 1 aliphatic carbocycles. The Kier molecular flexibility index (Phi) is 6.17. The number of likely N-dealkylation sites (tertiary alicyclic amines) is 1. The summed E-state index contributed by atoms with van der Waals surface area (Å²) >= 11 is 0. The summed E-state index contributed by atoms with van der Waals surface area (Å²) in [5.41, 5.74) is 4.60. The van der Waals surface area contributed by atoms with Gasteiger partial charge in [-0.25, -0.2) is 14.4 Å². The minimum atomic E-state index is -1.32. The maximum atomic E-state index is 14.6. The van der Waals surface area contributed by atoms with Gasteiger partial charge >= 0.3 is 0 Å². The van der Waals surface area contributed by atoms with Crippen LogP contribution in [0.3, 0.4) is 0 Å². The van der Waals surface area contributed by atoms with Crippen molar-refractivity contribution < 1.29 is 18.7 Å². The molecule has 2 amide bonds. The summed E-state index contributed by atoms with van der Waals surface area (Å²) in [5.74, 6) is 0.804. The highest BCUT2D eigenvalue weighted by Gasteiger charge is 2.36. The van der Waals surface area contributed by atoms with Crippen molar-refractivity contribution in [3.05, 3.63) is 41.3 Å². The third-order valence-corrected chi connectivity index (χ3v) is 6.78. The molecular weight excluding hydrogens is 449 g/mol. The van der Waals surface area contributed by atoms with Crippen LogP contribution in [-0.4, -0.2) is 63.6 Å². The van der Waals surface area contributed by atoms with E-state index < -0.39 is 18.1 Å². The van der Waals surface area contributed by atoms with Crippen molar-refractivity contribution in [2.75, 3.05) is 19.7 Å². The summed E-state index contributed by atoms with van der Waals surface area (Å²) in [6.07, 6.45) is 2.81. The summed E-state index contributed by atoms with van der Waals surface area (Å²) in [5, 5.41) is 2.78. The van der Waals surface area contributed by atoms with Gasteiger partial charge in [0.15, 0.2) is 0 Å². The van der Waals surface area contributed by atoms with Gasteiger partial charge in [0, 0.05) is 24.2 Å². The van der Waals surface area contributed by atoms with Crippen LogP contribution < -0.4 is 10.1 Å². The number of hydrogen-bond acceptors (Lipinski definition) is 5. The Labute approximate surface area is 203 Å². The Hall–Kier alpha value is -3.49. The molecule has 2 fully saturated rings. The lowest BCUT2D eigenvalue weighted by Gasteiger charge is -2.16. The van der Waals surface area contributed by atoms with Crippen LogP contribution in [0.4, 0.5) is 4.39 Å². The number of ether oxygens (including phenoxy) is 1. The van der Waals surface area contributed by atoms with Gasteiger partial charge in [-0.05, 0) is 44.7 Å². The second kappa shape index (κ2) is 9.28. The van der Waals surface area contributed by atoms with Crippen LogP contribution in [0.25, 0.3) is 22.3 Å². The molecule has 184 valence electrons. The fourth-order valence-electron chi connectivity index (χ4n) is 4.62. The van der Waals surface area contributed by atoms with E-state index in [1.165, 1.54) is 24.1 Å². The molecule has 8 nitrogen and oxygen atoms in total. The highest BCUT2D eigenvalue weighted by molar-refractivity contribution is 6.09. The topological polar surface area (TPSA) is 100 Å². The number of carbonyl (C=O) groups excluding carboxylic acids is 2. The number of carbonyl (C=O) groups is 2. The number of benzene rings is 1. The third-order valence-electron chi connectivity index (χ3n) is 6.78. The van der Waals surface area contributed by atoms with Gasteiger partial charge in [-0.15, -0.1) is 0 Å². The molecule has 35 heavy (non-hydrogen) atoms. The van der Waals surface area contributed by atoms with Gasteiger partial charge in [-0.3, -0.25) is 9.59 Å². The van der Waals surface area contributed by atoms with Gasteiger partial charge in [0.1, 0.15) is 29.5 Å². The van der Waals surface area contributed by atoms with E-state index in [1.54, 1.807) is 13.8 Å². The van der Waals surface area contributed by atoms with Crippen LogP contribution in [0.5, 0.6) is 5.75 Å². The van der Waals surface area contributed by atoms with Gasteiger partial charge in [0.25, 0.3) is 5.91 Å². The van der Waals surface area contributed by atoms with Crippen molar-refractivity contribution in [1.82, 2.24) is 25.2 Å². The maximum Gasteiger partial charge on any atom is 0.255 e. The molecule has 1 saturated heterocycles. The molecule has 1 aliphatic heterocycles. The number of rotatable bonds is 7. The van der Waals surface area contributed by atoms with Crippen molar-refractivity contribution >= 4 is 22.8 Å². The lowest BCUT2D eigenvalue weighted by Crippen LogP contribution is -2.42. The number of H-pyrrole nitrogens is 1. The molecule has 2 N–H and O–H groups in total. The van der Waals surface area contributed by atoms with Crippen molar-refractivity contribution in [3.63, 3.8) is 0 Å². The number of nitrogens with one attached hydrogen (secondary N) is 2. The zero-order valence-electron chi connectivity index (χ0n) is 20.2. The predicted molar refractivity (Wildman–Crippen MR) is 130 cm³/mol. The number of aromatic amines is 1. The van der Waals surface area contributed by atoms with Gasteiger partial charge in [0.2, 0.25) is 5.91 Å². The third kappa shape index (κ3) is 4.59. The Bertz CT molecular complexity index is 1290. The second-order valence-corrected chi connectivity index (χ2v) is 9.57. The highest BCUT2D eigenvalue weighted by Crippen LogP contribution is 2.37. The molecular formula is C26H30FN5O3.